The summed E-state index contributed by atoms with van der Waals surface area (Å²) in [5.74, 6) is 0.531. The van der Waals surface area contributed by atoms with Crippen LogP contribution in [0.5, 0.6) is 0 Å². The lowest BCUT2D eigenvalue weighted by Crippen LogP contribution is -2.52. The Morgan fingerprint density at radius 3 is 1.92 bits per heavy atom. The maximum atomic E-state index is 7.08. The monoisotopic (exact) mass is 1020 g/mol. The van der Waals surface area contributed by atoms with Crippen LogP contribution in [-0.2, 0) is 16.2 Å². The third kappa shape index (κ3) is 14.2. The zero-order chi connectivity index (χ0) is 56.4. The van der Waals surface area contributed by atoms with Gasteiger partial charge in [-0.2, -0.15) is 0 Å². The Labute approximate surface area is 471 Å². The predicted octanol–water partition coefficient (Wildman–Crippen LogP) is 21.0. The number of fused-ring (bicyclic) bond motifs is 4. The molecule has 0 aliphatic heterocycles. The molecule has 0 aromatic heterocycles. The predicted molar refractivity (Wildman–Crippen MR) is 346 cm³/mol. The van der Waals surface area contributed by atoms with Gasteiger partial charge in [0.15, 0.2) is 0 Å². The second kappa shape index (κ2) is 30.5. The molecule has 0 saturated heterocycles. The van der Waals surface area contributed by atoms with Crippen molar-refractivity contribution in [2.45, 2.75) is 90.4 Å². The molecule has 2 bridgehead atoms. The number of allylic oxidation sites excluding steroid dienone is 22. The van der Waals surface area contributed by atoms with Crippen molar-refractivity contribution in [2.24, 2.45) is 5.92 Å². The molecule has 6 aromatic rings. The van der Waals surface area contributed by atoms with Crippen LogP contribution in [-0.4, -0.2) is 0 Å². The maximum Gasteiger partial charge on any atom is 0.0600 e. The van der Waals surface area contributed by atoms with E-state index in [-0.39, 0.29) is 17.3 Å². The van der Waals surface area contributed by atoms with E-state index in [0.717, 1.165) is 40.8 Å². The molecule has 0 spiro atoms. The van der Waals surface area contributed by atoms with Crippen LogP contribution in [0.4, 0.5) is 5.69 Å². The van der Waals surface area contributed by atoms with Gasteiger partial charge >= 0.3 is 0 Å². The van der Waals surface area contributed by atoms with Crippen LogP contribution in [0.25, 0.3) is 16.7 Å². The summed E-state index contributed by atoms with van der Waals surface area (Å²) >= 11 is 0. The number of nitrogen functional groups attached to an aromatic ring is 1. The highest BCUT2D eigenvalue weighted by atomic mass is 14.7. The van der Waals surface area contributed by atoms with Crippen LogP contribution in [0, 0.1) is 12.8 Å². The first-order chi connectivity index (χ1) is 38.0. The topological polar surface area (TPSA) is 26.0 Å². The van der Waals surface area contributed by atoms with Gasteiger partial charge in [0.25, 0.3) is 0 Å². The Kier molecular flexibility index (Phi) is 23.7. The van der Waals surface area contributed by atoms with Gasteiger partial charge in [-0.25, -0.2) is 0 Å². The van der Waals surface area contributed by atoms with E-state index in [1.54, 1.807) is 6.08 Å². The SMILES string of the molecule is C=C(C)/C=C\C=C/C.C=C/C=C\C=C/C(/C=C\C(=C)C1(c2ccccc2N)c2ccccc2C2C=CC1(c1cccc(C3=CC=CC(C=C)(c4ccccc4)C=C3)c1)C2)CC.CC.CC.Cc1ccc(-c2ccccc2)cc1. The van der Waals surface area contributed by atoms with E-state index >= 15 is 0 Å². The van der Waals surface area contributed by atoms with Crippen LogP contribution in [0.1, 0.15) is 106 Å². The highest BCUT2D eigenvalue weighted by Crippen LogP contribution is 2.66. The molecule has 5 unspecified atom stereocenters. The number of hydrogen-bond donors (Lipinski definition) is 1. The molecule has 0 amide bonds. The lowest BCUT2D eigenvalue weighted by atomic mass is 9.47. The molecule has 1 nitrogen and oxygen atoms in total. The zero-order valence-corrected chi connectivity index (χ0v) is 48.0. The summed E-state index contributed by atoms with van der Waals surface area (Å²) in [6.07, 6.45) is 42.6. The van der Waals surface area contributed by atoms with Crippen LogP contribution in [0.2, 0.25) is 0 Å². The minimum atomic E-state index is -0.669. The maximum absolute atomic E-state index is 7.08. The van der Waals surface area contributed by atoms with Gasteiger partial charge in [-0.1, -0.05) is 333 Å². The minimum Gasteiger partial charge on any atom is -0.398 e. The van der Waals surface area contributed by atoms with Gasteiger partial charge in [-0.15, -0.1) is 6.58 Å². The van der Waals surface area contributed by atoms with Gasteiger partial charge in [-0.3, -0.25) is 0 Å². The first-order valence-corrected chi connectivity index (χ1v) is 28.0. The Hall–Kier alpha value is -8.26. The first-order valence-electron chi connectivity index (χ1n) is 28.0. The lowest BCUT2D eigenvalue weighted by molar-refractivity contribution is 0.330. The fraction of sp³-hybridized carbons (Fsp3) is 0.195. The summed E-state index contributed by atoms with van der Waals surface area (Å²) in [5, 5.41) is 0. The molecule has 0 fully saturated rings. The van der Waals surface area contributed by atoms with Crippen LogP contribution in [0.15, 0.2) is 311 Å². The number of aryl methyl sites for hydroxylation is 1. The molecular formula is C77H85N. The van der Waals surface area contributed by atoms with Crippen molar-refractivity contribution in [1.82, 2.24) is 0 Å². The Morgan fingerprint density at radius 1 is 0.641 bits per heavy atom. The van der Waals surface area contributed by atoms with E-state index < -0.39 is 10.8 Å². The van der Waals surface area contributed by atoms with Crippen LogP contribution < -0.4 is 5.73 Å². The number of nitrogens with two attached hydrogens (primary N) is 1. The minimum absolute atomic E-state index is 0.247. The molecular weight excluding hydrogens is 939 g/mol. The Morgan fingerprint density at radius 2 is 1.27 bits per heavy atom. The largest absolute Gasteiger partial charge is 0.398 e. The molecule has 9 rings (SSSR count). The number of para-hydroxylation sites is 1. The molecule has 6 aromatic carbocycles. The van der Waals surface area contributed by atoms with Crippen LogP contribution >= 0.6 is 0 Å². The molecule has 0 radical (unpaired) electrons. The molecule has 0 saturated carbocycles. The van der Waals surface area contributed by atoms with E-state index in [2.05, 4.69) is 240 Å². The molecule has 78 heavy (non-hydrogen) atoms. The molecule has 2 N–H and O–H groups in total. The smallest absolute Gasteiger partial charge is 0.0600 e. The summed E-state index contributed by atoms with van der Waals surface area (Å²) in [4.78, 5) is 0. The van der Waals surface area contributed by atoms with Gasteiger partial charge in [-0.05, 0) is 101 Å². The van der Waals surface area contributed by atoms with Gasteiger partial charge in [0.05, 0.1) is 5.41 Å². The van der Waals surface area contributed by atoms with Gasteiger partial charge in [0, 0.05) is 22.4 Å². The van der Waals surface area contributed by atoms with E-state index in [1.165, 1.54) is 44.5 Å². The molecule has 1 heteroatoms. The number of rotatable bonds is 15. The molecule has 5 atom stereocenters. The van der Waals surface area contributed by atoms with Crippen molar-refractivity contribution < 1.29 is 0 Å². The average Bonchev–Trinajstić information content (AvgIpc) is 3.97. The van der Waals surface area contributed by atoms with Crippen molar-refractivity contribution >= 4 is 11.3 Å². The third-order valence-electron chi connectivity index (χ3n) is 14.5. The van der Waals surface area contributed by atoms with E-state index in [0.29, 0.717) is 0 Å². The molecule has 3 aliphatic carbocycles. The number of hydrogen-bond acceptors (Lipinski definition) is 1. The quantitative estimate of drug-likeness (QED) is 0.0619. The van der Waals surface area contributed by atoms with Crippen molar-refractivity contribution in [3.63, 3.8) is 0 Å². The van der Waals surface area contributed by atoms with Gasteiger partial charge in [0.2, 0.25) is 0 Å². The van der Waals surface area contributed by atoms with E-state index in [1.807, 2.05) is 102 Å². The summed E-state index contributed by atoms with van der Waals surface area (Å²) < 4.78 is 0. The summed E-state index contributed by atoms with van der Waals surface area (Å²) in [5.41, 5.74) is 20.8. The number of anilines is 1. The van der Waals surface area contributed by atoms with E-state index in [9.17, 15) is 0 Å². The third-order valence-corrected chi connectivity index (χ3v) is 14.5. The molecule has 3 aliphatic rings. The van der Waals surface area contributed by atoms with Crippen molar-refractivity contribution in [1.29, 1.82) is 0 Å². The van der Waals surface area contributed by atoms with Crippen molar-refractivity contribution in [3.8, 4) is 11.1 Å². The fourth-order valence-corrected chi connectivity index (χ4v) is 10.7. The standard InChI is InChI=1S/C52H49N.C13H12.C8H12.2C2H6/c1-5-8-9-11-20-40(6-2)31-30-39(4)52(48-28-16-17-29-49(48)53)47-27-15-14-26-46(47)43-33-36-51(52,38-43)45-25-18-21-42(37-45)41-22-19-34-50(7-3,35-32-41)44-23-12-10-13-24-44;1-11-7-9-13(10-8-11)12-5-3-2-4-6-12;1-4-5-6-7-8(2)3;2*1-2/h5,7-37,40,43H,1,3-4,6,38,53H2,2H3;2-10H,1H3;4-7H,2H2,1,3H3;2*1-2H3/b9-8-,20-11-,31-30-;;5-4-,7-6-;;. The highest BCUT2D eigenvalue weighted by Gasteiger charge is 2.61. The lowest BCUT2D eigenvalue weighted by Gasteiger charge is -2.54. The summed E-state index contributed by atoms with van der Waals surface area (Å²) in [6.45, 7) is 33.0. The Bertz CT molecular complexity index is 3180. The highest BCUT2D eigenvalue weighted by molar-refractivity contribution is 5.79. The second-order valence-corrected chi connectivity index (χ2v) is 19.4. The first kappa shape index (κ1) is 60.6. The molecule has 0 heterocycles. The normalized spacial score (nSPS) is 19.9. The molecule has 398 valence electrons. The average molecular weight is 1020 g/mol. The number of benzene rings is 6. The zero-order valence-electron chi connectivity index (χ0n) is 48.0. The fourth-order valence-electron chi connectivity index (χ4n) is 10.7. The van der Waals surface area contributed by atoms with Gasteiger partial charge < -0.3 is 5.73 Å². The Balaban J connectivity index is 0.000000369. The summed E-state index contributed by atoms with van der Waals surface area (Å²) in [7, 11) is 0. The van der Waals surface area contributed by atoms with Crippen molar-refractivity contribution in [3.05, 3.63) is 350 Å². The second-order valence-electron chi connectivity index (χ2n) is 19.4. The van der Waals surface area contributed by atoms with E-state index in [4.69, 9.17) is 12.3 Å². The van der Waals surface area contributed by atoms with Crippen LogP contribution in [0.3, 0.4) is 0 Å². The summed E-state index contributed by atoms with van der Waals surface area (Å²) in [6, 6.07) is 56.1. The van der Waals surface area contributed by atoms with Gasteiger partial charge in [0.1, 0.15) is 0 Å². The van der Waals surface area contributed by atoms with Crippen molar-refractivity contribution in [2.75, 3.05) is 5.73 Å².